The van der Waals surface area contributed by atoms with E-state index >= 15 is 0 Å². The van der Waals surface area contributed by atoms with E-state index in [4.69, 9.17) is 23.7 Å². The van der Waals surface area contributed by atoms with Crippen LogP contribution in [0.2, 0.25) is 0 Å². The van der Waals surface area contributed by atoms with Crippen LogP contribution in [0.1, 0.15) is 285 Å². The number of carbonyl (C=O) groups is 4. The van der Waals surface area contributed by atoms with Gasteiger partial charge in [0, 0.05) is 25.7 Å². The Morgan fingerprint density at radius 1 is 0.344 bits per heavy atom. The van der Waals surface area contributed by atoms with Crippen molar-refractivity contribution in [3.8, 4) is 0 Å². The van der Waals surface area contributed by atoms with Crippen LogP contribution in [0.4, 0.5) is 0 Å². The number of esters is 4. The molecule has 1 unspecified atom stereocenters. The molecule has 0 bridgehead atoms. The fourth-order valence-corrected chi connectivity index (χ4v) is 8.63. The van der Waals surface area contributed by atoms with E-state index in [1.807, 2.05) is 0 Å². The quantitative estimate of drug-likeness (QED) is 0.0357. The summed E-state index contributed by atoms with van der Waals surface area (Å²) < 4.78 is 29.6. The van der Waals surface area contributed by atoms with Crippen LogP contribution in [0.3, 0.4) is 0 Å². The molecule has 1 N–H and O–H groups in total. The van der Waals surface area contributed by atoms with Gasteiger partial charge in [-0.2, -0.15) is 0 Å². The number of unbranched alkanes of at least 4 members (excludes halogenated alkanes) is 32. The van der Waals surface area contributed by atoms with Crippen LogP contribution in [0.25, 0.3) is 0 Å². The van der Waals surface area contributed by atoms with Crippen molar-refractivity contribution in [2.24, 2.45) is 0 Å². The van der Waals surface area contributed by atoms with Crippen LogP contribution in [0.5, 0.6) is 0 Å². The van der Waals surface area contributed by atoms with Gasteiger partial charge in [-0.3, -0.25) is 19.2 Å². The van der Waals surface area contributed by atoms with Crippen LogP contribution in [0, 0.1) is 0 Å². The predicted octanol–water partition coefficient (Wildman–Crippen LogP) is 14.7. The van der Waals surface area contributed by atoms with Gasteiger partial charge in [-0.15, -0.1) is 0 Å². The first-order valence-electron chi connectivity index (χ1n) is 27.3. The minimum atomic E-state index is -1.69. The maximum absolute atomic E-state index is 13.5. The maximum Gasteiger partial charge on any atom is 0.306 e. The van der Waals surface area contributed by atoms with E-state index in [9.17, 15) is 24.3 Å². The molecule has 0 aromatic heterocycles. The Kier molecular flexibility index (Phi) is 40.5. The molecule has 1 aliphatic rings. The fraction of sp³-hybridized carbons (Fsp3) is 0.926. The van der Waals surface area contributed by atoms with E-state index in [-0.39, 0.29) is 32.3 Å². The summed E-state index contributed by atoms with van der Waals surface area (Å²) in [4.78, 5) is 53.3. The van der Waals surface area contributed by atoms with Crippen LogP contribution in [-0.2, 0) is 42.9 Å². The Morgan fingerprint density at radius 3 is 0.906 bits per heavy atom. The average molecular weight is 909 g/mol. The number of ether oxygens (including phenoxy) is 5. The molecule has 0 aliphatic carbocycles. The largest absolute Gasteiger partial charge is 0.463 e. The zero-order valence-corrected chi connectivity index (χ0v) is 42.0. The number of carbonyl (C=O) groups excluding carboxylic acids is 4. The molecule has 0 saturated carbocycles. The first-order chi connectivity index (χ1) is 31.3. The summed E-state index contributed by atoms with van der Waals surface area (Å²) in [5.41, 5.74) is 0. The van der Waals surface area contributed by atoms with Gasteiger partial charge in [0.05, 0.1) is 0 Å². The number of hydrogen-bond donors (Lipinski definition) is 1. The summed E-state index contributed by atoms with van der Waals surface area (Å²) >= 11 is 0. The smallest absolute Gasteiger partial charge is 0.306 e. The van der Waals surface area contributed by atoms with E-state index in [0.29, 0.717) is 25.7 Å². The molecule has 0 amide bonds. The fourth-order valence-electron chi connectivity index (χ4n) is 8.63. The first kappa shape index (κ1) is 59.8. The predicted molar refractivity (Wildman–Crippen MR) is 259 cm³/mol. The van der Waals surface area contributed by atoms with Gasteiger partial charge >= 0.3 is 23.9 Å². The molecule has 0 aromatic rings. The van der Waals surface area contributed by atoms with Crippen molar-refractivity contribution in [2.45, 2.75) is 315 Å². The number of aliphatic hydroxyl groups excluding tert-OH is 1. The molecule has 1 heterocycles. The third-order valence-corrected chi connectivity index (χ3v) is 12.8. The summed E-state index contributed by atoms with van der Waals surface area (Å²) in [5.74, 6) is -1.97. The van der Waals surface area contributed by atoms with Gasteiger partial charge in [-0.25, -0.2) is 0 Å². The van der Waals surface area contributed by atoms with Crippen molar-refractivity contribution < 1.29 is 48.0 Å². The molecule has 1 aliphatic heterocycles. The zero-order valence-electron chi connectivity index (χ0n) is 42.0. The molecule has 10 heteroatoms. The molecule has 0 radical (unpaired) electrons. The van der Waals surface area contributed by atoms with Crippen LogP contribution in [0.15, 0.2) is 0 Å². The second-order valence-electron chi connectivity index (χ2n) is 18.9. The second kappa shape index (κ2) is 43.4. The van der Waals surface area contributed by atoms with Crippen molar-refractivity contribution >= 4 is 23.9 Å². The van der Waals surface area contributed by atoms with E-state index in [1.165, 1.54) is 128 Å². The zero-order chi connectivity index (χ0) is 46.7. The lowest BCUT2D eigenvalue weighted by molar-refractivity contribution is -0.297. The molecule has 5 atom stereocenters. The topological polar surface area (TPSA) is 135 Å². The van der Waals surface area contributed by atoms with Gasteiger partial charge in [-0.05, 0) is 25.7 Å². The highest BCUT2D eigenvalue weighted by atomic mass is 16.7. The lowest BCUT2D eigenvalue weighted by Gasteiger charge is -2.43. The number of hydrogen-bond acceptors (Lipinski definition) is 10. The standard InChI is InChI=1S/C54H100O10/c1-5-9-13-17-21-25-29-33-37-41-47(55)60-45-46-51(62-48(56)42-38-34-30-26-22-18-14-10-6-2)52(63-49(57)43-39-35-31-27-23-19-15-11-7-3)53(54(59)61-46)64-50(58)44-40-36-32-28-24-20-16-12-8-4/h46,51-54,59H,5-45H2,1-4H3/t46-,51+,52+,53-,54?/m1/s1. The maximum atomic E-state index is 13.5. The SMILES string of the molecule is CCCCCCCCCCCC(=O)OC[C@H]1OC(O)[C@H](OC(=O)CCCCCCCCCCC)[C@@H](OC(=O)CCCCCCCCCCC)[C@H]1OC(=O)CCCCCCCCCCC. The van der Waals surface area contributed by atoms with Crippen LogP contribution >= 0.6 is 0 Å². The van der Waals surface area contributed by atoms with Crippen molar-refractivity contribution in [2.75, 3.05) is 6.61 Å². The Morgan fingerprint density at radius 2 is 0.594 bits per heavy atom. The van der Waals surface area contributed by atoms with Crippen molar-refractivity contribution in [1.82, 2.24) is 0 Å². The average Bonchev–Trinajstić information content (AvgIpc) is 3.28. The number of rotatable bonds is 45. The molecule has 0 spiro atoms. The molecular formula is C54H100O10. The Hall–Kier alpha value is -2.20. The molecule has 0 aromatic carbocycles. The highest BCUT2D eigenvalue weighted by molar-refractivity contribution is 5.72. The summed E-state index contributed by atoms with van der Waals surface area (Å²) in [5, 5.41) is 11.4. The Labute approximate surface area is 392 Å². The van der Waals surface area contributed by atoms with E-state index in [0.717, 1.165) is 77.0 Å². The molecule has 376 valence electrons. The molecule has 1 saturated heterocycles. The summed E-state index contributed by atoms with van der Waals surface area (Å²) in [6.45, 7) is 8.55. The van der Waals surface area contributed by atoms with Crippen molar-refractivity contribution in [1.29, 1.82) is 0 Å². The molecule has 64 heavy (non-hydrogen) atoms. The van der Waals surface area contributed by atoms with Gasteiger partial charge in [0.25, 0.3) is 0 Å². The highest BCUT2D eigenvalue weighted by Crippen LogP contribution is 2.30. The highest BCUT2D eigenvalue weighted by Gasteiger charge is 2.52. The van der Waals surface area contributed by atoms with E-state index < -0.39 is 54.6 Å². The van der Waals surface area contributed by atoms with Gasteiger partial charge in [-0.1, -0.05) is 233 Å². The minimum absolute atomic E-state index is 0.139. The molecular weight excluding hydrogens is 809 g/mol. The van der Waals surface area contributed by atoms with Crippen molar-refractivity contribution in [3.05, 3.63) is 0 Å². The molecule has 10 nitrogen and oxygen atoms in total. The second-order valence-corrected chi connectivity index (χ2v) is 18.9. The van der Waals surface area contributed by atoms with E-state index in [2.05, 4.69) is 27.7 Å². The third-order valence-electron chi connectivity index (χ3n) is 12.8. The third kappa shape index (κ3) is 33.3. The van der Waals surface area contributed by atoms with Gasteiger partial charge in [0.15, 0.2) is 24.6 Å². The molecule has 1 rings (SSSR count). The Balaban J connectivity index is 3.03. The molecule has 1 fully saturated rings. The van der Waals surface area contributed by atoms with Gasteiger partial charge < -0.3 is 28.8 Å². The lowest BCUT2D eigenvalue weighted by Crippen LogP contribution is -2.62. The normalized spacial score (nSPS) is 18.5. The number of aliphatic hydroxyl groups is 1. The summed E-state index contributed by atoms with van der Waals surface area (Å²) in [7, 11) is 0. The lowest BCUT2D eigenvalue weighted by atomic mass is 9.97. The summed E-state index contributed by atoms with van der Waals surface area (Å²) in [6, 6.07) is 0. The monoisotopic (exact) mass is 909 g/mol. The first-order valence-corrected chi connectivity index (χ1v) is 27.3. The van der Waals surface area contributed by atoms with Crippen LogP contribution < -0.4 is 0 Å². The Bertz CT molecular complexity index is 1110. The van der Waals surface area contributed by atoms with E-state index in [1.54, 1.807) is 0 Å². The van der Waals surface area contributed by atoms with Gasteiger partial charge in [0.1, 0.15) is 12.7 Å². The van der Waals surface area contributed by atoms with Crippen LogP contribution in [-0.4, -0.2) is 66.3 Å². The minimum Gasteiger partial charge on any atom is -0.463 e. The van der Waals surface area contributed by atoms with Crippen molar-refractivity contribution in [3.63, 3.8) is 0 Å². The van der Waals surface area contributed by atoms with Gasteiger partial charge in [0.2, 0.25) is 0 Å². The summed E-state index contributed by atoms with van der Waals surface area (Å²) in [6.07, 6.45) is 33.5.